The summed E-state index contributed by atoms with van der Waals surface area (Å²) in [5.74, 6) is -10.2. The molecule has 0 fully saturated rings. The molecule has 0 heterocycles. The van der Waals surface area contributed by atoms with Crippen molar-refractivity contribution in [2.75, 3.05) is 32.7 Å². The maximum Gasteiger partial charge on any atom is 0.326 e. The first-order valence-electron chi connectivity index (χ1n) is 22.8. The standard InChI is InChI=1S/C43H72N16O11/c1-5-23(3)34(45)39(67)58-29(19-30(44)60)37(65)53-21-33(63)57-28(18-25-12-8-7-9-13-25)36(64)52-20-31(61)55-26(14-10-16-50-42(46)47)38(66)59-35(24(4)6-2)40(68)54-22-32(62)56-27(41(69)70)15-11-17-51-43(48)49/h7-9,12-13,23-24,26-29,34-35H,5-6,10-11,14-22,45H2,1-4H3,(H2,44,60)(H,52,64)(H,53,65)(H,54,68)(H,55,61)(H,56,62)(H,57,63)(H,58,67)(H,59,66)(H,69,70)(H4,46,47,50)(H4,48,49,51)/t23-,24-,26-,27-,28-,29-,34-,35-/m0/s1. The van der Waals surface area contributed by atoms with Crippen LogP contribution in [-0.2, 0) is 54.4 Å². The van der Waals surface area contributed by atoms with Gasteiger partial charge in [0.25, 0.3) is 0 Å². The molecule has 0 radical (unpaired) electrons. The highest BCUT2D eigenvalue weighted by Gasteiger charge is 2.32. The van der Waals surface area contributed by atoms with Crippen molar-refractivity contribution in [1.82, 2.24) is 53.2 Å². The summed E-state index contributed by atoms with van der Waals surface area (Å²) in [5.41, 5.74) is 22.5. The number of nitrogens with one attached hydrogen (secondary N) is 12. The molecule has 0 aromatic heterocycles. The summed E-state index contributed by atoms with van der Waals surface area (Å²) in [7, 11) is 0. The predicted octanol–water partition coefficient (Wildman–Crippen LogP) is -5.09. The van der Waals surface area contributed by atoms with E-state index < -0.39 is 127 Å². The van der Waals surface area contributed by atoms with Crippen molar-refractivity contribution in [3.8, 4) is 0 Å². The summed E-state index contributed by atoms with van der Waals surface area (Å²) in [6.45, 7) is 5.22. The van der Waals surface area contributed by atoms with Gasteiger partial charge in [-0.2, -0.15) is 0 Å². The van der Waals surface area contributed by atoms with Gasteiger partial charge in [0.05, 0.1) is 32.1 Å². The van der Waals surface area contributed by atoms with E-state index in [-0.39, 0.29) is 63.0 Å². The summed E-state index contributed by atoms with van der Waals surface area (Å²) in [6, 6.07) is 0.874. The zero-order chi connectivity index (χ0) is 52.9. The first-order valence-corrected chi connectivity index (χ1v) is 22.8. The highest BCUT2D eigenvalue weighted by atomic mass is 16.4. The highest BCUT2D eigenvalue weighted by Crippen LogP contribution is 2.11. The molecule has 0 saturated carbocycles. The molecule has 21 N–H and O–H groups in total. The molecule has 1 aromatic carbocycles. The number of hydrogen-bond acceptors (Lipinski definition) is 13. The average Bonchev–Trinajstić information content (AvgIpc) is 3.31. The monoisotopic (exact) mass is 989 g/mol. The quantitative estimate of drug-likeness (QED) is 0.0178. The molecule has 0 aliphatic rings. The Kier molecular flexibility index (Phi) is 27.8. The Balaban J connectivity index is 3.12. The Morgan fingerprint density at radius 3 is 1.49 bits per heavy atom. The molecule has 8 atom stereocenters. The number of carbonyl (C=O) groups excluding carboxylic acids is 9. The zero-order valence-electron chi connectivity index (χ0n) is 40.0. The van der Waals surface area contributed by atoms with Crippen molar-refractivity contribution >= 4 is 71.1 Å². The van der Waals surface area contributed by atoms with E-state index in [0.717, 1.165) is 0 Å². The van der Waals surface area contributed by atoms with E-state index in [4.69, 9.17) is 33.8 Å². The number of nitrogens with two attached hydrogens (primary N) is 4. The van der Waals surface area contributed by atoms with Gasteiger partial charge in [0.15, 0.2) is 11.9 Å². The van der Waals surface area contributed by atoms with E-state index in [1.807, 2.05) is 6.92 Å². The molecule has 0 saturated heterocycles. The van der Waals surface area contributed by atoms with Gasteiger partial charge in [-0.05, 0) is 43.1 Å². The molecule has 70 heavy (non-hydrogen) atoms. The van der Waals surface area contributed by atoms with Gasteiger partial charge < -0.3 is 81.2 Å². The molecule has 0 bridgehead atoms. The molecule has 27 heteroatoms. The van der Waals surface area contributed by atoms with Crippen LogP contribution in [0.3, 0.4) is 0 Å². The fourth-order valence-electron chi connectivity index (χ4n) is 6.38. The average molecular weight is 989 g/mol. The highest BCUT2D eigenvalue weighted by molar-refractivity contribution is 5.97. The van der Waals surface area contributed by atoms with Crippen LogP contribution in [0.4, 0.5) is 0 Å². The summed E-state index contributed by atoms with van der Waals surface area (Å²) >= 11 is 0. The van der Waals surface area contributed by atoms with E-state index in [1.165, 1.54) is 0 Å². The second-order valence-corrected chi connectivity index (χ2v) is 16.5. The van der Waals surface area contributed by atoms with Gasteiger partial charge in [-0.3, -0.25) is 54.0 Å². The van der Waals surface area contributed by atoms with Crippen molar-refractivity contribution in [1.29, 1.82) is 10.8 Å². The molecule has 0 aliphatic carbocycles. The molecule has 27 nitrogen and oxygen atoms in total. The molecule has 0 aliphatic heterocycles. The third-order valence-electron chi connectivity index (χ3n) is 10.9. The molecule has 0 spiro atoms. The largest absolute Gasteiger partial charge is 0.480 e. The Morgan fingerprint density at radius 1 is 0.557 bits per heavy atom. The second-order valence-electron chi connectivity index (χ2n) is 16.5. The van der Waals surface area contributed by atoms with Gasteiger partial charge in [-0.15, -0.1) is 0 Å². The lowest BCUT2D eigenvalue weighted by atomic mass is 9.97. The van der Waals surface area contributed by atoms with Crippen LogP contribution in [0.25, 0.3) is 0 Å². The number of hydrogen-bond donors (Lipinski definition) is 17. The smallest absolute Gasteiger partial charge is 0.326 e. The first kappa shape index (κ1) is 60.4. The van der Waals surface area contributed by atoms with E-state index in [2.05, 4.69) is 53.2 Å². The van der Waals surface area contributed by atoms with Crippen LogP contribution in [0.1, 0.15) is 78.2 Å². The van der Waals surface area contributed by atoms with Gasteiger partial charge in [0, 0.05) is 19.5 Å². The lowest BCUT2D eigenvalue weighted by Crippen LogP contribution is -2.58. The summed E-state index contributed by atoms with van der Waals surface area (Å²) in [4.78, 5) is 129. The van der Waals surface area contributed by atoms with Crippen LogP contribution >= 0.6 is 0 Å². The Hall–Kier alpha value is -7.58. The normalized spacial score (nSPS) is 14.1. The van der Waals surface area contributed by atoms with Crippen molar-refractivity contribution < 1.29 is 53.1 Å². The Morgan fingerprint density at radius 2 is 1.01 bits per heavy atom. The third kappa shape index (κ3) is 24.4. The third-order valence-corrected chi connectivity index (χ3v) is 10.9. The van der Waals surface area contributed by atoms with Gasteiger partial charge in [0.1, 0.15) is 30.2 Å². The Labute approximate surface area is 406 Å². The SMILES string of the molecule is CC[C@H](C)[C@H](N)C(=O)N[C@@H](CC(N)=O)C(=O)NCC(=O)N[C@@H](Cc1ccccc1)C(=O)NCC(=O)N[C@@H](CCCNC(=N)N)C(=O)N[C@H](C(=O)NCC(=O)N[C@@H](CCCNC(=N)N)C(=O)O)[C@@H](C)CC. The number of carbonyl (C=O) groups is 10. The van der Waals surface area contributed by atoms with Crippen LogP contribution in [0.5, 0.6) is 0 Å². The number of guanidine groups is 2. The lowest BCUT2D eigenvalue weighted by Gasteiger charge is -2.27. The van der Waals surface area contributed by atoms with E-state index in [0.29, 0.717) is 18.4 Å². The number of rotatable bonds is 33. The molecule has 1 rings (SSSR count). The first-order chi connectivity index (χ1) is 33.0. The lowest BCUT2D eigenvalue weighted by molar-refractivity contribution is -0.142. The zero-order valence-corrected chi connectivity index (χ0v) is 40.0. The number of carboxylic acids is 1. The molecular weight excluding hydrogens is 917 g/mol. The van der Waals surface area contributed by atoms with Crippen LogP contribution < -0.4 is 76.1 Å². The number of amides is 9. The number of aliphatic carboxylic acids is 1. The van der Waals surface area contributed by atoms with E-state index in [9.17, 15) is 53.1 Å². The molecule has 390 valence electrons. The van der Waals surface area contributed by atoms with Crippen LogP contribution in [0.15, 0.2) is 30.3 Å². The fourth-order valence-corrected chi connectivity index (χ4v) is 6.38. The minimum absolute atomic E-state index is 0.00697. The summed E-state index contributed by atoms with van der Waals surface area (Å²) < 4.78 is 0. The minimum atomic E-state index is -1.46. The second kappa shape index (κ2) is 32.2. The Bertz CT molecular complexity index is 1970. The molecular formula is C43H72N16O11. The van der Waals surface area contributed by atoms with Gasteiger partial charge in [-0.25, -0.2) is 4.79 Å². The summed E-state index contributed by atoms with van der Waals surface area (Å²) in [5, 5.41) is 48.8. The van der Waals surface area contributed by atoms with E-state index in [1.54, 1.807) is 51.1 Å². The summed E-state index contributed by atoms with van der Waals surface area (Å²) in [6.07, 6.45) is 0.644. The predicted molar refractivity (Wildman–Crippen MR) is 255 cm³/mol. The number of benzene rings is 1. The number of carboxylic acid groups (broad SMARTS) is 1. The molecule has 0 unspecified atom stereocenters. The van der Waals surface area contributed by atoms with Crippen LogP contribution in [0.2, 0.25) is 0 Å². The topological polar surface area (TPSA) is 463 Å². The fraction of sp³-hybridized carbons (Fsp3) is 0.581. The van der Waals surface area contributed by atoms with Crippen molar-refractivity contribution in [2.45, 2.75) is 115 Å². The molecule has 9 amide bonds. The van der Waals surface area contributed by atoms with Crippen LogP contribution in [-0.4, -0.2) is 145 Å². The maximum atomic E-state index is 13.8. The van der Waals surface area contributed by atoms with Crippen molar-refractivity contribution in [3.63, 3.8) is 0 Å². The van der Waals surface area contributed by atoms with E-state index >= 15 is 0 Å². The van der Waals surface area contributed by atoms with Crippen molar-refractivity contribution in [3.05, 3.63) is 35.9 Å². The van der Waals surface area contributed by atoms with Gasteiger partial charge in [0.2, 0.25) is 53.2 Å². The maximum absolute atomic E-state index is 13.8. The minimum Gasteiger partial charge on any atom is -0.480 e. The van der Waals surface area contributed by atoms with Crippen molar-refractivity contribution in [2.24, 2.45) is 34.8 Å². The van der Waals surface area contributed by atoms with Gasteiger partial charge in [-0.1, -0.05) is 70.9 Å². The molecule has 1 aromatic rings. The van der Waals surface area contributed by atoms with Gasteiger partial charge >= 0.3 is 5.97 Å². The van der Waals surface area contributed by atoms with Crippen LogP contribution in [0, 0.1) is 22.7 Å². The number of primary amides is 1.